The molecule has 0 saturated carbocycles. The van der Waals surface area contributed by atoms with Gasteiger partial charge in [-0.2, -0.15) is 0 Å². The van der Waals surface area contributed by atoms with Gasteiger partial charge in [-0.3, -0.25) is 4.79 Å². The van der Waals surface area contributed by atoms with Crippen molar-refractivity contribution in [3.8, 4) is 5.75 Å². The van der Waals surface area contributed by atoms with E-state index < -0.39 is 11.8 Å². The van der Waals surface area contributed by atoms with Crippen LogP contribution in [0.5, 0.6) is 5.75 Å². The molecule has 124 valence electrons. The molecule has 2 fully saturated rings. The Kier molecular flexibility index (Phi) is 4.36. The summed E-state index contributed by atoms with van der Waals surface area (Å²) in [7, 11) is 0. The number of rotatable bonds is 3. The number of nitrogens with zero attached hydrogens (tertiary/aromatic N) is 2. The second-order valence-corrected chi connectivity index (χ2v) is 6.04. The highest BCUT2D eigenvalue weighted by Crippen LogP contribution is 2.25. The number of hydrogen-bond donors (Lipinski definition) is 1. The monoisotopic (exact) mass is 321 g/mol. The number of halogens is 1. The third-order valence-electron chi connectivity index (χ3n) is 4.37. The van der Waals surface area contributed by atoms with E-state index in [1.165, 1.54) is 11.0 Å². The van der Waals surface area contributed by atoms with Crippen LogP contribution >= 0.6 is 0 Å². The minimum absolute atomic E-state index is 0.0179. The van der Waals surface area contributed by atoms with E-state index in [1.54, 1.807) is 23.1 Å². The first-order valence-corrected chi connectivity index (χ1v) is 7.79. The lowest BCUT2D eigenvalue weighted by molar-refractivity contribution is -0.145. The summed E-state index contributed by atoms with van der Waals surface area (Å²) in [5.74, 6) is -0.376. The lowest BCUT2D eigenvalue weighted by atomic mass is 9.95. The zero-order valence-corrected chi connectivity index (χ0v) is 12.8. The number of carbonyl (C=O) groups is 2. The minimum atomic E-state index is -0.480. The molecule has 0 radical (unpaired) electrons. The molecule has 6 nitrogen and oxygen atoms in total. The summed E-state index contributed by atoms with van der Waals surface area (Å²) in [6, 6.07) is 5.75. The predicted octanol–water partition coefficient (Wildman–Crippen LogP) is 1.21. The molecular formula is C16H20FN3O3. The van der Waals surface area contributed by atoms with Crippen LogP contribution in [0.2, 0.25) is 0 Å². The van der Waals surface area contributed by atoms with Crippen LogP contribution in [-0.4, -0.2) is 54.0 Å². The fourth-order valence-electron chi connectivity index (χ4n) is 3.05. The zero-order valence-electron chi connectivity index (χ0n) is 12.8. The first kappa shape index (κ1) is 15.6. The highest BCUT2D eigenvalue weighted by atomic mass is 19.1. The summed E-state index contributed by atoms with van der Waals surface area (Å²) < 4.78 is 19.1. The number of para-hydroxylation sites is 1. The van der Waals surface area contributed by atoms with E-state index in [2.05, 4.69) is 0 Å². The van der Waals surface area contributed by atoms with Gasteiger partial charge in [-0.25, -0.2) is 9.18 Å². The van der Waals surface area contributed by atoms with Crippen LogP contribution in [-0.2, 0) is 4.79 Å². The molecule has 1 aromatic rings. The third-order valence-corrected chi connectivity index (χ3v) is 4.37. The standard InChI is InChI=1S/C16H20FN3O3/c17-13-5-1-2-6-14(13)23-12-9-20(10-12)15(21)11-4-3-7-19(8-11)16(18)22/h1-2,5-6,11-12H,3-4,7-10H2,(H2,18,22). The van der Waals surface area contributed by atoms with Gasteiger partial charge in [0.15, 0.2) is 11.6 Å². The zero-order chi connectivity index (χ0) is 16.4. The molecule has 1 aromatic carbocycles. The van der Waals surface area contributed by atoms with Crippen molar-refractivity contribution in [1.29, 1.82) is 0 Å². The van der Waals surface area contributed by atoms with E-state index in [0.29, 0.717) is 26.2 Å². The number of benzene rings is 1. The van der Waals surface area contributed by atoms with Gasteiger partial charge in [0.05, 0.1) is 19.0 Å². The Morgan fingerprint density at radius 1 is 1.17 bits per heavy atom. The Labute approximate surface area is 134 Å². The minimum Gasteiger partial charge on any atom is -0.484 e. The van der Waals surface area contributed by atoms with Crippen molar-refractivity contribution in [2.24, 2.45) is 11.7 Å². The van der Waals surface area contributed by atoms with Gasteiger partial charge in [0.1, 0.15) is 6.10 Å². The van der Waals surface area contributed by atoms with Crippen LogP contribution in [0.4, 0.5) is 9.18 Å². The number of urea groups is 1. The molecule has 2 N–H and O–H groups in total. The van der Waals surface area contributed by atoms with Crippen molar-refractivity contribution in [3.63, 3.8) is 0 Å². The number of ether oxygens (including phenoxy) is 1. The molecular weight excluding hydrogens is 301 g/mol. The fraction of sp³-hybridized carbons (Fsp3) is 0.500. The molecule has 3 rings (SSSR count). The van der Waals surface area contributed by atoms with Crippen LogP contribution in [0.15, 0.2) is 24.3 Å². The summed E-state index contributed by atoms with van der Waals surface area (Å²) in [6.07, 6.45) is 1.35. The lowest BCUT2D eigenvalue weighted by Gasteiger charge is -2.42. The van der Waals surface area contributed by atoms with E-state index in [0.717, 1.165) is 12.8 Å². The maximum Gasteiger partial charge on any atom is 0.314 e. The fourth-order valence-corrected chi connectivity index (χ4v) is 3.05. The molecule has 0 spiro atoms. The third kappa shape index (κ3) is 3.38. The van der Waals surface area contributed by atoms with Crippen molar-refractivity contribution in [2.75, 3.05) is 26.2 Å². The highest BCUT2D eigenvalue weighted by Gasteiger charge is 2.38. The van der Waals surface area contributed by atoms with Gasteiger partial charge in [0.25, 0.3) is 0 Å². The van der Waals surface area contributed by atoms with Crippen LogP contribution < -0.4 is 10.5 Å². The van der Waals surface area contributed by atoms with Crippen molar-refractivity contribution < 1.29 is 18.7 Å². The van der Waals surface area contributed by atoms with Crippen LogP contribution in [0.3, 0.4) is 0 Å². The van der Waals surface area contributed by atoms with Gasteiger partial charge in [-0.05, 0) is 25.0 Å². The summed E-state index contributed by atoms with van der Waals surface area (Å²) in [5.41, 5.74) is 5.28. The molecule has 1 unspecified atom stereocenters. The van der Waals surface area contributed by atoms with E-state index >= 15 is 0 Å². The van der Waals surface area contributed by atoms with E-state index in [4.69, 9.17) is 10.5 Å². The smallest absolute Gasteiger partial charge is 0.314 e. The van der Waals surface area contributed by atoms with Crippen molar-refractivity contribution in [3.05, 3.63) is 30.1 Å². The van der Waals surface area contributed by atoms with Crippen LogP contribution in [0.25, 0.3) is 0 Å². The second kappa shape index (κ2) is 6.44. The predicted molar refractivity (Wildman–Crippen MR) is 81.3 cm³/mol. The average molecular weight is 321 g/mol. The number of primary amides is 1. The Morgan fingerprint density at radius 2 is 1.91 bits per heavy atom. The van der Waals surface area contributed by atoms with Crippen molar-refractivity contribution in [1.82, 2.24) is 9.80 Å². The summed E-state index contributed by atoms with van der Waals surface area (Å²) in [6.45, 7) is 1.88. The molecule has 2 heterocycles. The normalized spacial score (nSPS) is 21.7. The molecule has 0 aliphatic carbocycles. The van der Waals surface area contributed by atoms with E-state index in [1.807, 2.05) is 0 Å². The number of piperidine rings is 1. The molecule has 0 aromatic heterocycles. The van der Waals surface area contributed by atoms with Crippen LogP contribution in [0, 0.1) is 11.7 Å². The number of hydrogen-bond acceptors (Lipinski definition) is 3. The summed E-state index contributed by atoms with van der Waals surface area (Å²) in [4.78, 5) is 26.9. The lowest BCUT2D eigenvalue weighted by Crippen LogP contribution is -2.59. The number of likely N-dealkylation sites (tertiary alicyclic amines) is 2. The van der Waals surface area contributed by atoms with Crippen LogP contribution in [0.1, 0.15) is 12.8 Å². The second-order valence-electron chi connectivity index (χ2n) is 6.04. The molecule has 2 aliphatic rings. The quantitative estimate of drug-likeness (QED) is 0.909. The Morgan fingerprint density at radius 3 is 2.61 bits per heavy atom. The summed E-state index contributed by atoms with van der Waals surface area (Å²) >= 11 is 0. The van der Waals surface area contributed by atoms with Crippen molar-refractivity contribution >= 4 is 11.9 Å². The average Bonchev–Trinajstić information content (AvgIpc) is 2.51. The number of nitrogens with two attached hydrogens (primary N) is 1. The highest BCUT2D eigenvalue weighted by molar-refractivity contribution is 5.81. The maximum atomic E-state index is 13.5. The molecule has 2 aliphatic heterocycles. The van der Waals surface area contributed by atoms with Gasteiger partial charge in [-0.15, -0.1) is 0 Å². The molecule has 0 bridgehead atoms. The molecule has 1 atom stereocenters. The van der Waals surface area contributed by atoms with E-state index in [9.17, 15) is 14.0 Å². The largest absolute Gasteiger partial charge is 0.484 e. The summed E-state index contributed by atoms with van der Waals surface area (Å²) in [5, 5.41) is 0. The Bertz CT molecular complexity index is 604. The Hall–Kier alpha value is -2.31. The van der Waals surface area contributed by atoms with Gasteiger partial charge in [-0.1, -0.05) is 12.1 Å². The van der Waals surface area contributed by atoms with Crippen molar-refractivity contribution in [2.45, 2.75) is 18.9 Å². The topological polar surface area (TPSA) is 75.9 Å². The van der Waals surface area contributed by atoms with Gasteiger partial charge in [0, 0.05) is 13.1 Å². The number of carbonyl (C=O) groups excluding carboxylic acids is 2. The van der Waals surface area contributed by atoms with Gasteiger partial charge < -0.3 is 20.3 Å². The number of amides is 3. The first-order valence-electron chi connectivity index (χ1n) is 7.79. The molecule has 3 amide bonds. The Balaban J connectivity index is 1.50. The molecule has 2 saturated heterocycles. The van der Waals surface area contributed by atoms with Gasteiger partial charge >= 0.3 is 6.03 Å². The van der Waals surface area contributed by atoms with E-state index in [-0.39, 0.29) is 23.7 Å². The molecule has 23 heavy (non-hydrogen) atoms. The first-order chi connectivity index (χ1) is 11.0. The SMILES string of the molecule is NC(=O)N1CCCC(C(=O)N2CC(Oc3ccccc3F)C2)C1. The molecule has 7 heteroatoms. The van der Waals surface area contributed by atoms with Gasteiger partial charge in [0.2, 0.25) is 5.91 Å². The maximum absolute atomic E-state index is 13.5.